The first kappa shape index (κ1) is 11.3. The predicted octanol–water partition coefficient (Wildman–Crippen LogP) is 2.50. The summed E-state index contributed by atoms with van der Waals surface area (Å²) < 4.78 is 0. The molecule has 0 aliphatic carbocycles. The molecule has 0 aliphatic rings. The molecule has 8 heavy (non-hydrogen) atoms. The van der Waals surface area contributed by atoms with Crippen LogP contribution in [0.3, 0.4) is 0 Å². The standard InChI is InChI=1S/2C3H7.Al.FH/c2*1-3-2;;/h2*1,3H2,2H3;;1H. The van der Waals surface area contributed by atoms with E-state index in [4.69, 9.17) is 0 Å². The molecule has 0 saturated carbocycles. The van der Waals surface area contributed by atoms with E-state index in [1.807, 2.05) is 0 Å². The van der Waals surface area contributed by atoms with Crippen LogP contribution < -0.4 is 0 Å². The highest BCUT2D eigenvalue weighted by atomic mass is 27.1. The molecule has 0 spiro atoms. The van der Waals surface area contributed by atoms with Gasteiger partial charge in [0.1, 0.15) is 0 Å². The zero-order valence-corrected chi connectivity index (χ0v) is 6.97. The van der Waals surface area contributed by atoms with E-state index in [-0.39, 0.29) is 4.70 Å². The summed E-state index contributed by atoms with van der Waals surface area (Å²) in [5, 5.41) is 3.02. The Morgan fingerprint density at radius 1 is 1.00 bits per heavy atom. The van der Waals surface area contributed by atoms with Gasteiger partial charge in [0.15, 0.2) is 15.2 Å². The van der Waals surface area contributed by atoms with Gasteiger partial charge in [0, 0.05) is 0 Å². The van der Waals surface area contributed by atoms with Gasteiger partial charge < -0.3 is 0 Å². The Balaban J connectivity index is 0. The minimum atomic E-state index is 0. The van der Waals surface area contributed by atoms with Crippen LogP contribution in [0.1, 0.15) is 26.7 Å². The van der Waals surface area contributed by atoms with Crippen molar-refractivity contribution in [3.05, 3.63) is 0 Å². The fraction of sp³-hybridized carbons (Fsp3) is 1.00. The lowest BCUT2D eigenvalue weighted by Crippen LogP contribution is -1.84. The minimum Gasteiger partial charge on any atom is -0.269 e. The summed E-state index contributed by atoms with van der Waals surface area (Å²) in [7, 11) is 0. The van der Waals surface area contributed by atoms with Crippen molar-refractivity contribution in [2.75, 3.05) is 0 Å². The number of hydrogen-bond donors (Lipinski definition) is 0. The zero-order chi connectivity index (χ0) is 5.54. The van der Waals surface area contributed by atoms with Gasteiger partial charge in [-0.15, -0.1) is 10.6 Å². The maximum absolute atomic E-state index is 2.27. The van der Waals surface area contributed by atoms with E-state index in [1.54, 1.807) is 0 Å². The van der Waals surface area contributed by atoms with Gasteiger partial charge >= 0.3 is 0 Å². The van der Waals surface area contributed by atoms with Gasteiger partial charge in [0.25, 0.3) is 0 Å². The Bertz CT molecular complexity index is 27.7. The average molecular weight is 133 g/mol. The van der Waals surface area contributed by atoms with E-state index < -0.39 is 0 Å². The van der Waals surface area contributed by atoms with Crippen molar-refractivity contribution in [3.8, 4) is 0 Å². The molecule has 0 aromatic carbocycles. The van der Waals surface area contributed by atoms with E-state index in [0.717, 1.165) is 15.2 Å². The molecule has 0 aromatic rings. The largest absolute Gasteiger partial charge is 0.269 e. The first-order chi connectivity index (χ1) is 3.41. The lowest BCUT2D eigenvalue weighted by atomic mass is 10.6. The summed E-state index contributed by atoms with van der Waals surface area (Å²) in [6.07, 6.45) is 2.80. The quantitative estimate of drug-likeness (QED) is 0.408. The third-order valence-electron chi connectivity index (χ3n) is 0.986. The molecular formula is C6H15AlF. The van der Waals surface area contributed by atoms with E-state index in [1.165, 1.54) is 23.4 Å². The Morgan fingerprint density at radius 2 is 1.38 bits per heavy atom. The van der Waals surface area contributed by atoms with Crippen molar-refractivity contribution >= 4 is 15.2 Å². The second kappa shape index (κ2) is 10.4. The Morgan fingerprint density at radius 3 is 1.62 bits per heavy atom. The summed E-state index contributed by atoms with van der Waals surface area (Å²) in [5.74, 6) is 0. The average Bonchev–Trinajstić information content (AvgIpc) is 1.69. The van der Waals surface area contributed by atoms with Crippen LogP contribution in [0.5, 0.6) is 0 Å². The van der Waals surface area contributed by atoms with Crippen molar-refractivity contribution in [3.63, 3.8) is 0 Å². The molecule has 0 aliphatic heterocycles. The van der Waals surface area contributed by atoms with Crippen LogP contribution >= 0.6 is 0 Å². The van der Waals surface area contributed by atoms with E-state index in [2.05, 4.69) is 13.8 Å². The van der Waals surface area contributed by atoms with Gasteiger partial charge in [0.2, 0.25) is 0 Å². The van der Waals surface area contributed by atoms with Gasteiger partial charge in [0.05, 0.1) is 0 Å². The molecule has 1 radical (unpaired) electrons. The maximum atomic E-state index is 2.27. The van der Waals surface area contributed by atoms with Crippen molar-refractivity contribution < 1.29 is 4.70 Å². The van der Waals surface area contributed by atoms with Crippen LogP contribution in [-0.2, 0) is 0 Å². The minimum absolute atomic E-state index is 0. The van der Waals surface area contributed by atoms with Crippen LogP contribution in [0.4, 0.5) is 4.70 Å². The van der Waals surface area contributed by atoms with E-state index in [0.29, 0.717) is 0 Å². The highest BCUT2D eigenvalue weighted by Crippen LogP contribution is 1.92. The van der Waals surface area contributed by atoms with Crippen molar-refractivity contribution in [2.45, 2.75) is 37.3 Å². The molecule has 0 fully saturated rings. The highest BCUT2D eigenvalue weighted by Gasteiger charge is 1.84. The summed E-state index contributed by atoms with van der Waals surface area (Å²) in [6.45, 7) is 4.53. The zero-order valence-electron chi connectivity index (χ0n) is 5.81. The smallest absolute Gasteiger partial charge is 0.199 e. The fourth-order valence-corrected chi connectivity index (χ4v) is 1.66. The molecule has 0 aromatic heterocycles. The Kier molecular flexibility index (Phi) is 14.7. The number of rotatable bonds is 4. The fourth-order valence-electron chi connectivity index (χ4n) is 0.553. The normalized spacial score (nSPS) is 7.75. The topological polar surface area (TPSA) is 0 Å². The molecule has 0 heterocycles. The summed E-state index contributed by atoms with van der Waals surface area (Å²) in [5.41, 5.74) is 0. The van der Waals surface area contributed by atoms with Crippen LogP contribution in [0.2, 0.25) is 10.6 Å². The van der Waals surface area contributed by atoms with Gasteiger partial charge in [-0.05, 0) is 0 Å². The van der Waals surface area contributed by atoms with E-state index >= 15 is 0 Å². The van der Waals surface area contributed by atoms with Crippen molar-refractivity contribution in [1.82, 2.24) is 0 Å². The second-order valence-corrected chi connectivity index (χ2v) is 3.60. The van der Waals surface area contributed by atoms with Crippen LogP contribution in [0, 0.1) is 0 Å². The predicted molar refractivity (Wildman–Crippen MR) is 38.5 cm³/mol. The Hall–Kier alpha value is 0.462. The first-order valence-electron chi connectivity index (χ1n) is 3.23. The van der Waals surface area contributed by atoms with Gasteiger partial charge in [-0.1, -0.05) is 26.7 Å². The van der Waals surface area contributed by atoms with E-state index in [9.17, 15) is 0 Å². The third kappa shape index (κ3) is 9.68. The SMILES string of the molecule is CC[CH2][Al][CH2]CC.F. The molecule has 2 heteroatoms. The van der Waals surface area contributed by atoms with Crippen LogP contribution in [0.25, 0.3) is 0 Å². The summed E-state index contributed by atoms with van der Waals surface area (Å²) >= 11 is 0.822. The van der Waals surface area contributed by atoms with Gasteiger partial charge in [-0.3, -0.25) is 4.70 Å². The monoisotopic (exact) mass is 133 g/mol. The molecule has 49 valence electrons. The van der Waals surface area contributed by atoms with Crippen LogP contribution in [-0.4, -0.2) is 15.2 Å². The molecule has 0 saturated heterocycles. The molecular weight excluding hydrogens is 118 g/mol. The summed E-state index contributed by atoms with van der Waals surface area (Å²) in [4.78, 5) is 0. The van der Waals surface area contributed by atoms with Crippen molar-refractivity contribution in [2.24, 2.45) is 0 Å². The molecule has 0 nitrogen and oxygen atoms in total. The lowest BCUT2D eigenvalue weighted by molar-refractivity contribution is 1.02. The lowest BCUT2D eigenvalue weighted by Gasteiger charge is -1.87. The number of halogens is 1. The molecule has 0 unspecified atom stereocenters. The van der Waals surface area contributed by atoms with Gasteiger partial charge in [-0.2, -0.15) is 0 Å². The third-order valence-corrected chi connectivity index (χ3v) is 2.96. The van der Waals surface area contributed by atoms with Crippen molar-refractivity contribution in [1.29, 1.82) is 0 Å². The second-order valence-electron chi connectivity index (χ2n) is 1.87. The molecule has 0 rings (SSSR count). The molecule has 0 amide bonds. The molecule has 0 bridgehead atoms. The Labute approximate surface area is 57.7 Å². The van der Waals surface area contributed by atoms with Gasteiger partial charge in [-0.25, -0.2) is 0 Å². The molecule has 0 atom stereocenters. The summed E-state index contributed by atoms with van der Waals surface area (Å²) in [6, 6.07) is 0. The number of hydrogen-bond acceptors (Lipinski definition) is 0. The van der Waals surface area contributed by atoms with Crippen LogP contribution in [0.15, 0.2) is 0 Å². The first-order valence-corrected chi connectivity index (χ1v) is 4.86. The molecule has 0 N–H and O–H groups in total. The highest BCUT2D eigenvalue weighted by molar-refractivity contribution is 6.35. The maximum Gasteiger partial charge on any atom is 0.199 e.